The van der Waals surface area contributed by atoms with Gasteiger partial charge in [0.15, 0.2) is 11.7 Å². The summed E-state index contributed by atoms with van der Waals surface area (Å²) in [6.07, 6.45) is 6.50. The minimum Gasteiger partial charge on any atom is -0.337 e. The third-order valence-electron chi connectivity index (χ3n) is 10.4. The molecular formula is C39H40N3+. The molecule has 3 heteroatoms. The standard InChI is InChI=1S/C39H40N3/c1-8-39(9-2)25(3)30-20-18-29(23-33(30)37-16-12-13-21-42(37)39)41-24-36(40-26(4)27(41)5)28-17-19-32-31-14-10-11-15-34(31)38(6,7)35(32)22-28/h10-24,27H,3,8-9H2,1-2,4-7H3/q+1. The van der Waals surface area contributed by atoms with E-state index in [0.29, 0.717) is 0 Å². The summed E-state index contributed by atoms with van der Waals surface area (Å²) in [5.74, 6) is 0. The third kappa shape index (κ3) is 3.59. The zero-order valence-corrected chi connectivity index (χ0v) is 25.7. The monoisotopic (exact) mass is 550 g/mol. The zero-order valence-electron chi connectivity index (χ0n) is 25.7. The molecule has 1 unspecified atom stereocenters. The van der Waals surface area contributed by atoms with Gasteiger partial charge in [-0.3, -0.25) is 4.99 Å². The van der Waals surface area contributed by atoms with Gasteiger partial charge >= 0.3 is 0 Å². The van der Waals surface area contributed by atoms with Gasteiger partial charge < -0.3 is 4.90 Å². The molecule has 42 heavy (non-hydrogen) atoms. The lowest BCUT2D eigenvalue weighted by Gasteiger charge is -2.36. The molecule has 210 valence electrons. The van der Waals surface area contributed by atoms with Gasteiger partial charge in [-0.25, -0.2) is 0 Å². The molecule has 1 atom stereocenters. The van der Waals surface area contributed by atoms with Crippen LogP contribution in [0.25, 0.3) is 33.7 Å². The van der Waals surface area contributed by atoms with Crippen molar-refractivity contribution in [3.63, 3.8) is 0 Å². The van der Waals surface area contributed by atoms with Crippen molar-refractivity contribution in [1.82, 2.24) is 0 Å². The van der Waals surface area contributed by atoms with Crippen LogP contribution < -0.4 is 9.47 Å². The number of hydrogen-bond donors (Lipinski definition) is 0. The van der Waals surface area contributed by atoms with E-state index in [-0.39, 0.29) is 17.0 Å². The lowest BCUT2D eigenvalue weighted by atomic mass is 9.75. The molecule has 3 heterocycles. The highest BCUT2D eigenvalue weighted by Gasteiger charge is 2.46. The maximum absolute atomic E-state index is 5.13. The van der Waals surface area contributed by atoms with Crippen molar-refractivity contribution in [3.8, 4) is 22.4 Å². The van der Waals surface area contributed by atoms with Crippen molar-refractivity contribution >= 4 is 22.7 Å². The molecule has 2 aliphatic heterocycles. The van der Waals surface area contributed by atoms with E-state index in [1.165, 1.54) is 50.3 Å². The van der Waals surface area contributed by atoms with E-state index in [1.807, 2.05) is 0 Å². The number of nitrogens with zero attached hydrogens (tertiary/aromatic N) is 3. The largest absolute Gasteiger partial charge is 0.337 e. The molecule has 0 N–H and O–H groups in total. The van der Waals surface area contributed by atoms with Crippen LogP contribution in [0.1, 0.15) is 76.6 Å². The molecule has 0 spiro atoms. The van der Waals surface area contributed by atoms with Crippen molar-refractivity contribution in [3.05, 3.63) is 120 Å². The minimum atomic E-state index is -0.0964. The Morgan fingerprint density at radius 3 is 2.33 bits per heavy atom. The van der Waals surface area contributed by atoms with Crippen molar-refractivity contribution < 1.29 is 4.57 Å². The number of aliphatic imine (C=N–C) groups is 1. The fraction of sp³-hybridized carbons (Fsp3) is 0.282. The SMILES string of the molecule is C=C1c2ccc(N3C=C(c4ccc5c(c4)C(C)(C)c4ccccc4-5)N=C(C)C3C)cc2-c2cccc[n+]2C1(CC)CC. The summed E-state index contributed by atoms with van der Waals surface area (Å²) >= 11 is 0. The number of hydrogen-bond acceptors (Lipinski definition) is 2. The summed E-state index contributed by atoms with van der Waals surface area (Å²) in [4.78, 5) is 7.52. The molecule has 1 aliphatic carbocycles. The van der Waals surface area contributed by atoms with Crippen molar-refractivity contribution in [2.45, 2.75) is 71.4 Å². The van der Waals surface area contributed by atoms with Crippen LogP contribution in [-0.4, -0.2) is 11.8 Å². The smallest absolute Gasteiger partial charge is 0.213 e. The molecule has 0 saturated carbocycles. The van der Waals surface area contributed by atoms with E-state index < -0.39 is 0 Å². The Hall–Kier alpha value is -4.24. The first-order valence-corrected chi connectivity index (χ1v) is 15.4. The predicted molar refractivity (Wildman–Crippen MR) is 177 cm³/mol. The van der Waals surface area contributed by atoms with Gasteiger partial charge in [0.05, 0.1) is 17.3 Å². The number of pyridine rings is 1. The maximum atomic E-state index is 5.13. The number of fused-ring (bicyclic) bond motifs is 6. The maximum Gasteiger partial charge on any atom is 0.213 e. The second-order valence-corrected chi connectivity index (χ2v) is 12.7. The molecular weight excluding hydrogens is 510 g/mol. The molecule has 4 aromatic rings. The fourth-order valence-electron chi connectivity index (χ4n) is 7.68. The number of allylic oxidation sites excluding steroid dienone is 1. The van der Waals surface area contributed by atoms with Crippen LogP contribution in [0.5, 0.6) is 0 Å². The van der Waals surface area contributed by atoms with Crippen LogP contribution in [0.15, 0.2) is 103 Å². The first kappa shape index (κ1) is 26.6. The third-order valence-corrected chi connectivity index (χ3v) is 10.4. The van der Waals surface area contributed by atoms with E-state index in [0.717, 1.165) is 29.8 Å². The highest BCUT2D eigenvalue weighted by molar-refractivity contribution is 5.98. The molecule has 0 saturated heterocycles. The molecule has 0 fully saturated rings. The Morgan fingerprint density at radius 1 is 0.833 bits per heavy atom. The molecule has 3 aliphatic rings. The molecule has 7 rings (SSSR count). The van der Waals surface area contributed by atoms with E-state index >= 15 is 0 Å². The van der Waals surface area contributed by atoms with Crippen LogP contribution in [-0.2, 0) is 11.0 Å². The average molecular weight is 551 g/mol. The second kappa shape index (κ2) is 9.39. The normalized spacial score (nSPS) is 19.3. The fourth-order valence-corrected chi connectivity index (χ4v) is 7.68. The van der Waals surface area contributed by atoms with Crippen molar-refractivity contribution in [1.29, 1.82) is 0 Å². The van der Waals surface area contributed by atoms with Crippen LogP contribution in [0.4, 0.5) is 5.69 Å². The van der Waals surface area contributed by atoms with E-state index in [1.54, 1.807) is 0 Å². The van der Waals surface area contributed by atoms with E-state index in [4.69, 9.17) is 4.99 Å². The van der Waals surface area contributed by atoms with Gasteiger partial charge in [-0.15, -0.1) is 0 Å². The van der Waals surface area contributed by atoms with E-state index in [2.05, 4.69) is 149 Å². The first-order chi connectivity index (χ1) is 20.2. The van der Waals surface area contributed by atoms with Gasteiger partial charge in [0.1, 0.15) is 0 Å². The second-order valence-electron chi connectivity index (χ2n) is 12.7. The Kier molecular flexibility index (Phi) is 5.96. The number of benzene rings is 3. The van der Waals surface area contributed by atoms with Crippen LogP contribution in [0.2, 0.25) is 0 Å². The predicted octanol–water partition coefficient (Wildman–Crippen LogP) is 9.16. The van der Waals surface area contributed by atoms with Gasteiger partial charge in [-0.2, -0.15) is 4.57 Å². The lowest BCUT2D eigenvalue weighted by molar-refractivity contribution is -0.741. The van der Waals surface area contributed by atoms with Crippen molar-refractivity contribution in [2.24, 2.45) is 4.99 Å². The highest BCUT2D eigenvalue weighted by atomic mass is 15.2. The van der Waals surface area contributed by atoms with Crippen LogP contribution in [0.3, 0.4) is 0 Å². The summed E-state index contributed by atoms with van der Waals surface area (Å²) in [6.45, 7) is 18.3. The van der Waals surface area contributed by atoms with Gasteiger partial charge in [0.25, 0.3) is 0 Å². The molecule has 0 amide bonds. The first-order valence-electron chi connectivity index (χ1n) is 15.4. The van der Waals surface area contributed by atoms with Crippen LogP contribution in [0, 0.1) is 0 Å². The van der Waals surface area contributed by atoms with Gasteiger partial charge in [-0.05, 0) is 65.9 Å². The number of aromatic nitrogens is 1. The highest BCUT2D eigenvalue weighted by Crippen LogP contribution is 2.49. The molecule has 3 aromatic carbocycles. The lowest BCUT2D eigenvalue weighted by Crippen LogP contribution is -2.59. The summed E-state index contributed by atoms with van der Waals surface area (Å²) in [5, 5.41) is 0. The molecule has 0 radical (unpaired) electrons. The summed E-state index contributed by atoms with van der Waals surface area (Å²) < 4.78 is 2.46. The van der Waals surface area contributed by atoms with Gasteiger partial charge in [-0.1, -0.05) is 76.7 Å². The summed E-state index contributed by atoms with van der Waals surface area (Å²) in [7, 11) is 0. The Morgan fingerprint density at radius 2 is 1.55 bits per heavy atom. The topological polar surface area (TPSA) is 19.5 Å². The van der Waals surface area contributed by atoms with Crippen LogP contribution >= 0.6 is 0 Å². The molecule has 1 aromatic heterocycles. The Labute approximate surface area is 250 Å². The number of rotatable bonds is 4. The average Bonchev–Trinajstić information content (AvgIpc) is 3.25. The zero-order chi connectivity index (χ0) is 29.4. The summed E-state index contributed by atoms with van der Waals surface area (Å²) in [5.41, 5.74) is 14.7. The van der Waals surface area contributed by atoms with Crippen molar-refractivity contribution in [2.75, 3.05) is 4.90 Å². The molecule has 3 nitrogen and oxygen atoms in total. The summed E-state index contributed by atoms with van der Waals surface area (Å²) in [6, 6.07) is 29.3. The Balaban J connectivity index is 1.32. The number of anilines is 1. The van der Waals surface area contributed by atoms with Gasteiger partial charge in [0.2, 0.25) is 5.69 Å². The van der Waals surface area contributed by atoms with E-state index in [9.17, 15) is 0 Å². The minimum absolute atomic E-state index is 0.0406. The van der Waals surface area contributed by atoms with Gasteiger partial charge in [0, 0.05) is 59.1 Å². The quantitative estimate of drug-likeness (QED) is 0.232. The Bertz CT molecular complexity index is 1830. The molecule has 0 bridgehead atoms.